The van der Waals surface area contributed by atoms with Crippen molar-refractivity contribution in [2.45, 2.75) is 0 Å². The van der Waals surface area contributed by atoms with Gasteiger partial charge in [-0.2, -0.15) is 0 Å². The first-order valence-corrected chi connectivity index (χ1v) is 8.17. The summed E-state index contributed by atoms with van der Waals surface area (Å²) in [5.74, 6) is 0. The number of benzene rings is 3. The molecule has 0 aliphatic carbocycles. The summed E-state index contributed by atoms with van der Waals surface area (Å²) in [5, 5.41) is 12.2. The molecular formula is C21H15N3O2. The fourth-order valence-corrected chi connectivity index (χ4v) is 2.97. The second-order valence-corrected chi connectivity index (χ2v) is 5.83. The number of rotatable bonds is 4. The van der Waals surface area contributed by atoms with E-state index < -0.39 is 4.92 Å². The monoisotopic (exact) mass is 341 g/mol. The third-order valence-electron chi connectivity index (χ3n) is 4.21. The van der Waals surface area contributed by atoms with Gasteiger partial charge in [0.25, 0.3) is 5.69 Å². The summed E-state index contributed by atoms with van der Waals surface area (Å²) in [4.78, 5) is 18.9. The van der Waals surface area contributed by atoms with Crippen molar-refractivity contribution >= 4 is 28.5 Å². The zero-order valence-corrected chi connectivity index (χ0v) is 13.8. The van der Waals surface area contributed by atoms with E-state index >= 15 is 0 Å². The van der Waals surface area contributed by atoms with Gasteiger partial charge in [0, 0.05) is 28.7 Å². The van der Waals surface area contributed by atoms with E-state index in [0.29, 0.717) is 5.56 Å². The Kier molecular flexibility index (Phi) is 4.03. The minimum absolute atomic E-state index is 0.0392. The van der Waals surface area contributed by atoms with Crippen LogP contribution in [0.5, 0.6) is 0 Å². The van der Waals surface area contributed by atoms with Gasteiger partial charge in [-0.05, 0) is 12.1 Å². The summed E-state index contributed by atoms with van der Waals surface area (Å²) >= 11 is 0. The van der Waals surface area contributed by atoms with Crippen LogP contribution >= 0.6 is 0 Å². The molecule has 0 atom stereocenters. The predicted molar refractivity (Wildman–Crippen MR) is 104 cm³/mol. The highest BCUT2D eigenvalue weighted by Gasteiger charge is 2.14. The van der Waals surface area contributed by atoms with E-state index in [1.807, 2.05) is 54.6 Å². The molecule has 0 radical (unpaired) electrons. The molecule has 0 aliphatic heterocycles. The van der Waals surface area contributed by atoms with Crippen LogP contribution in [0.25, 0.3) is 22.2 Å². The lowest BCUT2D eigenvalue weighted by molar-refractivity contribution is -0.385. The maximum Gasteiger partial charge on any atom is 0.278 e. The van der Waals surface area contributed by atoms with Gasteiger partial charge >= 0.3 is 0 Å². The molecule has 0 amide bonds. The Morgan fingerprint density at radius 2 is 1.58 bits per heavy atom. The average molecular weight is 341 g/mol. The average Bonchev–Trinajstić information content (AvgIpc) is 3.06. The van der Waals surface area contributed by atoms with Crippen LogP contribution in [0.15, 0.2) is 83.9 Å². The summed E-state index contributed by atoms with van der Waals surface area (Å²) in [6, 6.07) is 24.4. The Bertz CT molecular complexity index is 1110. The van der Waals surface area contributed by atoms with Crippen LogP contribution in [-0.4, -0.2) is 16.1 Å². The van der Waals surface area contributed by atoms with Crippen molar-refractivity contribution in [3.8, 4) is 11.3 Å². The molecule has 4 rings (SSSR count). The molecule has 0 saturated heterocycles. The lowest BCUT2D eigenvalue weighted by atomic mass is 10.1. The largest absolute Gasteiger partial charge is 0.353 e. The zero-order valence-electron chi connectivity index (χ0n) is 13.8. The summed E-state index contributed by atoms with van der Waals surface area (Å²) in [6.45, 7) is 0. The van der Waals surface area contributed by atoms with Gasteiger partial charge in [0.15, 0.2) is 0 Å². The molecule has 1 heterocycles. The van der Waals surface area contributed by atoms with Crippen LogP contribution in [0.1, 0.15) is 5.56 Å². The number of aliphatic imine (C=N–C) groups is 1. The van der Waals surface area contributed by atoms with Crippen molar-refractivity contribution in [1.29, 1.82) is 0 Å². The second-order valence-electron chi connectivity index (χ2n) is 5.83. The number of hydrogen-bond donors (Lipinski definition) is 1. The smallest absolute Gasteiger partial charge is 0.278 e. The van der Waals surface area contributed by atoms with Gasteiger partial charge in [-0.25, -0.2) is 0 Å². The fraction of sp³-hybridized carbons (Fsp3) is 0. The third-order valence-corrected chi connectivity index (χ3v) is 4.21. The van der Waals surface area contributed by atoms with Crippen LogP contribution in [0.3, 0.4) is 0 Å². The Labute approximate surface area is 149 Å². The predicted octanol–water partition coefficient (Wildman–Crippen LogP) is 5.49. The molecule has 3 aromatic carbocycles. The Hall–Kier alpha value is -3.73. The fourth-order valence-electron chi connectivity index (χ4n) is 2.97. The molecule has 126 valence electrons. The SMILES string of the molecule is O=[N+]([O-])c1ccccc1C=Nc1c(-c2ccccc2)[nH]c2ccccc12. The van der Waals surface area contributed by atoms with Crippen LogP contribution in [0.4, 0.5) is 11.4 Å². The number of nitro groups is 1. The van der Waals surface area contributed by atoms with E-state index in [4.69, 9.17) is 0 Å². The molecule has 0 bridgehead atoms. The van der Waals surface area contributed by atoms with Crippen molar-refractivity contribution in [3.05, 3.63) is 94.5 Å². The van der Waals surface area contributed by atoms with Crippen molar-refractivity contribution < 1.29 is 4.92 Å². The number of para-hydroxylation sites is 2. The minimum Gasteiger partial charge on any atom is -0.353 e. The summed E-state index contributed by atoms with van der Waals surface area (Å²) in [7, 11) is 0. The van der Waals surface area contributed by atoms with E-state index in [0.717, 1.165) is 27.8 Å². The quantitative estimate of drug-likeness (QED) is 0.303. The van der Waals surface area contributed by atoms with Gasteiger partial charge in [-0.15, -0.1) is 0 Å². The van der Waals surface area contributed by atoms with E-state index in [9.17, 15) is 10.1 Å². The van der Waals surface area contributed by atoms with Crippen molar-refractivity contribution in [1.82, 2.24) is 4.98 Å². The van der Waals surface area contributed by atoms with Crippen LogP contribution in [-0.2, 0) is 0 Å². The van der Waals surface area contributed by atoms with E-state index in [1.165, 1.54) is 6.07 Å². The van der Waals surface area contributed by atoms with Crippen molar-refractivity contribution in [2.24, 2.45) is 4.99 Å². The van der Waals surface area contributed by atoms with Crippen molar-refractivity contribution in [2.75, 3.05) is 0 Å². The van der Waals surface area contributed by atoms with Gasteiger partial charge < -0.3 is 4.98 Å². The van der Waals surface area contributed by atoms with Crippen LogP contribution < -0.4 is 0 Å². The highest BCUT2D eigenvalue weighted by molar-refractivity contribution is 6.02. The highest BCUT2D eigenvalue weighted by atomic mass is 16.6. The number of aromatic amines is 1. The molecular weight excluding hydrogens is 326 g/mol. The first-order valence-electron chi connectivity index (χ1n) is 8.17. The van der Waals surface area contributed by atoms with Gasteiger partial charge in [-0.1, -0.05) is 60.7 Å². The van der Waals surface area contributed by atoms with Crippen molar-refractivity contribution in [3.63, 3.8) is 0 Å². The van der Waals surface area contributed by atoms with Gasteiger partial charge in [-0.3, -0.25) is 15.1 Å². The zero-order chi connectivity index (χ0) is 17.9. The Balaban J connectivity index is 1.88. The number of nitro benzene ring substituents is 1. The first-order chi connectivity index (χ1) is 12.7. The number of nitrogens with one attached hydrogen (secondary N) is 1. The lowest BCUT2D eigenvalue weighted by Gasteiger charge is -2.01. The molecule has 5 nitrogen and oxygen atoms in total. The molecule has 0 unspecified atom stereocenters. The Morgan fingerprint density at radius 1 is 0.885 bits per heavy atom. The third kappa shape index (κ3) is 2.86. The van der Waals surface area contributed by atoms with Gasteiger partial charge in [0.05, 0.1) is 21.9 Å². The molecule has 26 heavy (non-hydrogen) atoms. The van der Waals surface area contributed by atoms with E-state index in [-0.39, 0.29) is 5.69 Å². The molecule has 1 N–H and O–H groups in total. The minimum atomic E-state index is -0.394. The van der Waals surface area contributed by atoms with Gasteiger partial charge in [0.2, 0.25) is 0 Å². The van der Waals surface area contributed by atoms with E-state index in [1.54, 1.807) is 24.4 Å². The molecule has 0 aliphatic rings. The summed E-state index contributed by atoms with van der Waals surface area (Å²) < 4.78 is 0. The molecule has 4 aromatic rings. The first kappa shape index (κ1) is 15.8. The number of nitrogens with zero attached hydrogens (tertiary/aromatic N) is 2. The number of hydrogen-bond acceptors (Lipinski definition) is 3. The number of fused-ring (bicyclic) bond motifs is 1. The van der Waals surface area contributed by atoms with Gasteiger partial charge in [0.1, 0.15) is 0 Å². The normalized spacial score (nSPS) is 11.2. The second kappa shape index (κ2) is 6.64. The number of aromatic nitrogens is 1. The molecule has 1 aromatic heterocycles. The summed E-state index contributed by atoms with van der Waals surface area (Å²) in [5.41, 5.74) is 4.16. The standard InChI is InChI=1S/C21H15N3O2/c25-24(26)19-13-7-4-10-16(19)14-22-21-17-11-5-6-12-18(17)23-20(21)15-8-2-1-3-9-15/h1-14,23H. The molecule has 0 fully saturated rings. The molecule has 5 heteroatoms. The maximum atomic E-state index is 11.2. The van der Waals surface area contributed by atoms with Crippen LogP contribution in [0, 0.1) is 10.1 Å². The maximum absolute atomic E-state index is 11.2. The molecule has 0 spiro atoms. The Morgan fingerprint density at radius 3 is 2.38 bits per heavy atom. The number of H-pyrrole nitrogens is 1. The van der Waals surface area contributed by atoms with E-state index in [2.05, 4.69) is 9.98 Å². The van der Waals surface area contributed by atoms with Crippen LogP contribution in [0.2, 0.25) is 0 Å². The lowest BCUT2D eigenvalue weighted by Crippen LogP contribution is -1.93. The highest BCUT2D eigenvalue weighted by Crippen LogP contribution is 2.37. The molecule has 0 saturated carbocycles. The summed E-state index contributed by atoms with van der Waals surface area (Å²) in [6.07, 6.45) is 1.56. The topological polar surface area (TPSA) is 71.3 Å².